The van der Waals surface area contributed by atoms with Gasteiger partial charge in [-0.25, -0.2) is 0 Å². The van der Waals surface area contributed by atoms with E-state index >= 15 is 0 Å². The van der Waals surface area contributed by atoms with Crippen molar-refractivity contribution in [3.05, 3.63) is 18.2 Å². The summed E-state index contributed by atoms with van der Waals surface area (Å²) in [6, 6.07) is 1.61. The Kier molecular flexibility index (Phi) is 3.18. The van der Waals surface area contributed by atoms with Gasteiger partial charge < -0.3 is 17.7 Å². The summed E-state index contributed by atoms with van der Waals surface area (Å²) in [5.41, 5.74) is -1.20. The molecule has 0 aliphatic rings. The van der Waals surface area contributed by atoms with Crippen LogP contribution < -0.4 is 10.2 Å². The van der Waals surface area contributed by atoms with Crippen LogP contribution in [0.5, 0.6) is 5.75 Å². The molecule has 0 bridgehead atoms. The van der Waals surface area contributed by atoms with Crippen LogP contribution >= 0.6 is 0 Å². The molecule has 0 aliphatic carbocycles. The van der Waals surface area contributed by atoms with Crippen LogP contribution in [-0.4, -0.2) is 22.5 Å². The van der Waals surface area contributed by atoms with Crippen LogP contribution in [0.3, 0.4) is 0 Å². The number of halogens is 4. The highest BCUT2D eigenvalue weighted by molar-refractivity contribution is 7.86. The van der Waals surface area contributed by atoms with Crippen molar-refractivity contribution in [3.63, 3.8) is 0 Å². The van der Waals surface area contributed by atoms with Gasteiger partial charge in [0.15, 0.2) is 0 Å². The van der Waals surface area contributed by atoms with Gasteiger partial charge >= 0.3 is 17.2 Å². The Morgan fingerprint density at radius 2 is 1.81 bits per heavy atom. The number of hydrogen-bond donors (Lipinski definition) is 0. The van der Waals surface area contributed by atoms with Crippen molar-refractivity contribution in [1.29, 1.82) is 0 Å². The number of benzene rings is 1. The zero-order chi connectivity index (χ0) is 12.6. The summed E-state index contributed by atoms with van der Waals surface area (Å²) in [5.74, 6) is -0.466. The lowest BCUT2D eigenvalue weighted by molar-refractivity contribution is 0.401. The molecule has 0 amide bonds. The van der Waals surface area contributed by atoms with E-state index in [9.17, 15) is 25.3 Å². The third-order valence-electron chi connectivity index (χ3n) is 1.83. The highest BCUT2D eigenvalue weighted by atomic mass is 32.3. The van der Waals surface area contributed by atoms with Crippen molar-refractivity contribution in [3.8, 4) is 5.75 Å². The van der Waals surface area contributed by atoms with Gasteiger partial charge in [0, 0.05) is 0 Å². The Labute approximate surface area is 89.3 Å². The molecule has 0 aliphatic heterocycles. The van der Waals surface area contributed by atoms with Gasteiger partial charge in [0.25, 0.3) is 0 Å². The molecular formula is C7H6BF4O3S-. The third kappa shape index (κ3) is 2.66. The molecule has 0 N–H and O–H groups in total. The minimum Gasteiger partial charge on any atom is -0.495 e. The highest BCUT2D eigenvalue weighted by Crippen LogP contribution is 2.25. The van der Waals surface area contributed by atoms with Crippen molar-refractivity contribution in [2.75, 3.05) is 7.11 Å². The maximum atomic E-state index is 12.7. The Morgan fingerprint density at radius 3 is 2.19 bits per heavy atom. The normalized spacial score (nSPS) is 12.6. The third-order valence-corrected chi connectivity index (χ3v) is 2.67. The first-order valence-corrected chi connectivity index (χ1v) is 5.37. The standard InChI is InChI=1S/C7H6BF4O3S/c1-15-6-3-2-5(8(9,10)11)4-7(6)16(12,13)14/h2-4H,1H3/q-1. The van der Waals surface area contributed by atoms with Crippen molar-refractivity contribution in [1.82, 2.24) is 0 Å². The van der Waals surface area contributed by atoms with Crippen LogP contribution in [0, 0.1) is 0 Å². The molecule has 90 valence electrons. The summed E-state index contributed by atoms with van der Waals surface area (Å²) in [6.45, 7) is -5.38. The van der Waals surface area contributed by atoms with Crippen LogP contribution in [0.25, 0.3) is 0 Å². The Hall–Kier alpha value is -1.25. The van der Waals surface area contributed by atoms with E-state index in [-0.39, 0.29) is 6.07 Å². The molecule has 0 saturated heterocycles. The molecule has 0 atom stereocenters. The zero-order valence-corrected chi connectivity index (χ0v) is 8.77. The predicted octanol–water partition coefficient (Wildman–Crippen LogP) is 1.41. The van der Waals surface area contributed by atoms with Crippen molar-refractivity contribution in [2.45, 2.75) is 4.90 Å². The number of methoxy groups -OCH3 is 1. The Bertz CT molecular complexity index is 497. The molecule has 3 nitrogen and oxygen atoms in total. The van der Waals surface area contributed by atoms with Gasteiger partial charge in [0.2, 0.25) is 0 Å². The summed E-state index contributed by atoms with van der Waals surface area (Å²) in [7, 11) is -4.21. The minimum absolute atomic E-state index is 0.216. The smallest absolute Gasteiger partial charge is 0.495 e. The maximum Gasteiger partial charge on any atom is 0.509 e. The molecule has 0 heterocycles. The second-order valence-corrected chi connectivity index (χ2v) is 4.24. The first-order chi connectivity index (χ1) is 7.16. The van der Waals surface area contributed by atoms with Gasteiger partial charge in [-0.05, 0) is 6.07 Å². The summed E-state index contributed by atoms with van der Waals surface area (Å²) in [6.07, 6.45) is 0. The molecular weight excluding hydrogens is 251 g/mol. The topological polar surface area (TPSA) is 43.4 Å². The van der Waals surface area contributed by atoms with Gasteiger partial charge in [-0.1, -0.05) is 12.1 Å². The van der Waals surface area contributed by atoms with E-state index < -0.39 is 33.3 Å². The van der Waals surface area contributed by atoms with Crippen molar-refractivity contribution in [2.24, 2.45) is 0 Å². The van der Waals surface area contributed by atoms with Gasteiger partial charge in [-0.15, -0.1) is 9.35 Å². The Morgan fingerprint density at radius 1 is 1.25 bits per heavy atom. The molecule has 1 rings (SSSR count). The fourth-order valence-electron chi connectivity index (χ4n) is 1.09. The van der Waals surface area contributed by atoms with Crippen molar-refractivity contribution >= 4 is 22.7 Å². The summed E-state index contributed by atoms with van der Waals surface area (Å²) in [4.78, 5) is -1.12. The molecule has 0 unspecified atom stereocenters. The SMILES string of the molecule is COc1ccc([B-](F)(F)F)cc1S(=O)(=O)F. The lowest BCUT2D eigenvalue weighted by Gasteiger charge is -2.16. The van der Waals surface area contributed by atoms with Crippen LogP contribution in [0.2, 0.25) is 0 Å². The van der Waals surface area contributed by atoms with E-state index in [2.05, 4.69) is 4.74 Å². The second kappa shape index (κ2) is 3.97. The lowest BCUT2D eigenvalue weighted by atomic mass is 9.80. The average molecular weight is 257 g/mol. The fraction of sp³-hybridized carbons (Fsp3) is 0.143. The van der Waals surface area contributed by atoms with E-state index in [1.807, 2.05) is 0 Å². The monoisotopic (exact) mass is 257 g/mol. The first kappa shape index (κ1) is 12.8. The molecule has 0 spiro atoms. The maximum absolute atomic E-state index is 12.7. The fourth-order valence-corrected chi connectivity index (χ4v) is 1.76. The number of rotatable bonds is 3. The largest absolute Gasteiger partial charge is 0.509 e. The van der Waals surface area contributed by atoms with Gasteiger partial charge in [-0.2, -0.15) is 8.42 Å². The van der Waals surface area contributed by atoms with Crippen LogP contribution in [0.15, 0.2) is 23.1 Å². The molecule has 0 aromatic heterocycles. The van der Waals surface area contributed by atoms with Crippen LogP contribution in [0.4, 0.5) is 16.8 Å². The minimum atomic E-state index is -5.38. The quantitative estimate of drug-likeness (QED) is 0.467. The Balaban J connectivity index is 3.46. The molecule has 0 saturated carbocycles. The molecule has 1 aromatic carbocycles. The van der Waals surface area contributed by atoms with Gasteiger partial charge in [0.05, 0.1) is 7.11 Å². The van der Waals surface area contributed by atoms with E-state index in [1.54, 1.807) is 0 Å². The summed E-state index contributed by atoms with van der Waals surface area (Å²) in [5, 5.41) is 0. The summed E-state index contributed by atoms with van der Waals surface area (Å²) >= 11 is 0. The highest BCUT2D eigenvalue weighted by Gasteiger charge is 2.28. The molecule has 1 aromatic rings. The number of hydrogen-bond acceptors (Lipinski definition) is 3. The van der Waals surface area contributed by atoms with E-state index in [0.29, 0.717) is 6.07 Å². The lowest BCUT2D eigenvalue weighted by Crippen LogP contribution is -2.34. The molecule has 0 fully saturated rings. The molecule has 9 heteroatoms. The van der Waals surface area contributed by atoms with Crippen LogP contribution in [0.1, 0.15) is 0 Å². The number of ether oxygens (including phenoxy) is 1. The van der Waals surface area contributed by atoms with Crippen molar-refractivity contribution < 1.29 is 30.0 Å². The second-order valence-electron chi connectivity index (χ2n) is 2.92. The van der Waals surface area contributed by atoms with Gasteiger partial charge in [-0.3, -0.25) is 0 Å². The first-order valence-electron chi connectivity index (χ1n) is 3.99. The van der Waals surface area contributed by atoms with Gasteiger partial charge in [0.1, 0.15) is 10.6 Å². The van der Waals surface area contributed by atoms with E-state index in [1.165, 1.54) is 0 Å². The predicted molar refractivity (Wildman–Crippen MR) is 50.0 cm³/mol. The molecule has 0 radical (unpaired) electrons. The van der Waals surface area contributed by atoms with E-state index in [0.717, 1.165) is 13.2 Å². The average Bonchev–Trinajstić information content (AvgIpc) is 2.14. The molecule has 16 heavy (non-hydrogen) atoms. The van der Waals surface area contributed by atoms with E-state index in [4.69, 9.17) is 0 Å². The summed E-state index contributed by atoms with van der Waals surface area (Å²) < 4.78 is 75.2. The van der Waals surface area contributed by atoms with Crippen LogP contribution in [-0.2, 0) is 10.2 Å². The zero-order valence-electron chi connectivity index (χ0n) is 7.95.